The van der Waals surface area contributed by atoms with Gasteiger partial charge in [0.25, 0.3) is 5.91 Å². The van der Waals surface area contributed by atoms with Crippen LogP contribution >= 0.6 is 11.6 Å². The fourth-order valence-corrected chi connectivity index (χ4v) is 3.22. The fraction of sp³-hybridized carbons (Fsp3) is 0.111. The molecule has 2 aliphatic heterocycles. The van der Waals surface area contributed by atoms with Crippen molar-refractivity contribution in [1.29, 1.82) is 0 Å². The zero-order chi connectivity index (χ0) is 16.5. The minimum absolute atomic E-state index is 0.101. The molecule has 1 aliphatic carbocycles. The molecule has 0 spiro atoms. The molecule has 0 fully saturated rings. The van der Waals surface area contributed by atoms with Crippen molar-refractivity contribution in [3.05, 3.63) is 70.1 Å². The number of rotatable bonds is 3. The van der Waals surface area contributed by atoms with E-state index < -0.39 is 0 Å². The molecule has 6 heteroatoms. The first-order chi connectivity index (χ1) is 11.7. The molecule has 0 aromatic heterocycles. The third kappa shape index (κ3) is 2.63. The molecule has 1 aromatic rings. The Bertz CT molecular complexity index is 915. The summed E-state index contributed by atoms with van der Waals surface area (Å²) in [5.41, 5.74) is 5.52. The summed E-state index contributed by atoms with van der Waals surface area (Å²) in [7, 11) is 0. The normalized spacial score (nSPS) is 12.7. The Kier molecular flexibility index (Phi) is 3.70. The van der Waals surface area contributed by atoms with Crippen LogP contribution in [0, 0.1) is 0 Å². The van der Waals surface area contributed by atoms with Crippen LogP contribution in [0.1, 0.15) is 27.2 Å². The molecule has 0 unspecified atom stereocenters. The molecule has 24 heavy (non-hydrogen) atoms. The van der Waals surface area contributed by atoms with Gasteiger partial charge in [0.05, 0.1) is 11.9 Å². The molecule has 3 N–H and O–H groups in total. The maximum Gasteiger partial charge on any atom is 0.251 e. The molecule has 0 saturated carbocycles. The summed E-state index contributed by atoms with van der Waals surface area (Å²) in [6.07, 6.45) is 5.54. The van der Waals surface area contributed by atoms with Crippen LogP contribution in [0.2, 0.25) is 5.02 Å². The largest absolute Gasteiger partial charge is 0.387 e. The van der Waals surface area contributed by atoms with E-state index in [-0.39, 0.29) is 5.91 Å². The predicted molar refractivity (Wildman–Crippen MR) is 93.7 cm³/mol. The van der Waals surface area contributed by atoms with E-state index in [0.29, 0.717) is 23.7 Å². The molecular formula is C18H15ClN4O. The smallest absolute Gasteiger partial charge is 0.251 e. The highest BCUT2D eigenvalue weighted by Crippen LogP contribution is 2.35. The van der Waals surface area contributed by atoms with Gasteiger partial charge in [-0.05, 0) is 41.6 Å². The molecule has 0 bridgehead atoms. The molecule has 0 radical (unpaired) electrons. The van der Waals surface area contributed by atoms with Gasteiger partial charge in [0.1, 0.15) is 0 Å². The number of benzene rings is 1. The summed E-state index contributed by atoms with van der Waals surface area (Å²) in [6.45, 7) is 1.04. The molecule has 0 atom stereocenters. The minimum atomic E-state index is -0.101. The summed E-state index contributed by atoms with van der Waals surface area (Å²) >= 11 is 5.98. The van der Waals surface area contributed by atoms with Gasteiger partial charge in [-0.15, -0.1) is 0 Å². The Morgan fingerprint density at radius 2 is 2.25 bits per heavy atom. The third-order valence-corrected chi connectivity index (χ3v) is 4.34. The van der Waals surface area contributed by atoms with Gasteiger partial charge in [-0.1, -0.05) is 23.7 Å². The number of nitrogens with one attached hydrogen (secondary N) is 3. The summed E-state index contributed by atoms with van der Waals surface area (Å²) in [5, 5.41) is 13.9. The van der Waals surface area contributed by atoms with Gasteiger partial charge in [0.15, 0.2) is 0 Å². The van der Waals surface area contributed by atoms with Crippen molar-refractivity contribution in [2.24, 2.45) is 0 Å². The SMILES string of the molecule is O=C(NCc1cccc(Cl)c1)c1cc2cn[nH]c3c-2c1CNC=C3. The molecule has 1 aromatic carbocycles. The van der Waals surface area contributed by atoms with Crippen molar-refractivity contribution >= 4 is 23.6 Å². The maximum absolute atomic E-state index is 12.7. The van der Waals surface area contributed by atoms with E-state index in [0.717, 1.165) is 27.9 Å². The number of aromatic amines is 1. The second kappa shape index (κ2) is 6.02. The molecule has 1 amide bonds. The minimum Gasteiger partial charge on any atom is -0.387 e. The van der Waals surface area contributed by atoms with E-state index in [1.807, 2.05) is 42.6 Å². The van der Waals surface area contributed by atoms with Crippen LogP contribution in [0.15, 0.2) is 42.7 Å². The first-order valence-electron chi connectivity index (χ1n) is 7.64. The van der Waals surface area contributed by atoms with Crippen LogP contribution in [0.3, 0.4) is 0 Å². The van der Waals surface area contributed by atoms with Gasteiger partial charge in [0.2, 0.25) is 0 Å². The molecule has 4 rings (SSSR count). The average Bonchev–Trinajstić information content (AvgIpc) is 2.82. The monoisotopic (exact) mass is 338 g/mol. The highest BCUT2D eigenvalue weighted by atomic mass is 35.5. The van der Waals surface area contributed by atoms with Gasteiger partial charge in [0, 0.05) is 34.8 Å². The van der Waals surface area contributed by atoms with Gasteiger partial charge in [-0.2, -0.15) is 5.10 Å². The van der Waals surface area contributed by atoms with Crippen molar-refractivity contribution in [3.63, 3.8) is 0 Å². The van der Waals surface area contributed by atoms with Crippen LogP contribution in [-0.2, 0) is 13.1 Å². The predicted octanol–water partition coefficient (Wildman–Crippen LogP) is 3.17. The van der Waals surface area contributed by atoms with Crippen molar-refractivity contribution in [3.8, 4) is 11.1 Å². The van der Waals surface area contributed by atoms with E-state index in [9.17, 15) is 4.79 Å². The maximum atomic E-state index is 12.7. The summed E-state index contributed by atoms with van der Waals surface area (Å²) in [5.74, 6) is -0.101. The number of H-pyrrole nitrogens is 1. The van der Waals surface area contributed by atoms with Crippen molar-refractivity contribution in [1.82, 2.24) is 20.8 Å². The molecule has 120 valence electrons. The van der Waals surface area contributed by atoms with Crippen LogP contribution in [-0.4, -0.2) is 16.1 Å². The van der Waals surface area contributed by atoms with Crippen molar-refractivity contribution in [2.45, 2.75) is 13.1 Å². The lowest BCUT2D eigenvalue weighted by molar-refractivity contribution is 0.0950. The summed E-state index contributed by atoms with van der Waals surface area (Å²) < 4.78 is 0. The average molecular weight is 339 g/mol. The van der Waals surface area contributed by atoms with Crippen LogP contribution < -0.4 is 10.6 Å². The Balaban J connectivity index is 1.63. The number of hydrogen-bond donors (Lipinski definition) is 3. The van der Waals surface area contributed by atoms with E-state index >= 15 is 0 Å². The fourth-order valence-electron chi connectivity index (χ4n) is 3.01. The first-order valence-corrected chi connectivity index (χ1v) is 8.02. The van der Waals surface area contributed by atoms with Gasteiger partial charge in [-0.3, -0.25) is 9.89 Å². The second-order valence-electron chi connectivity index (χ2n) is 5.68. The molecule has 0 saturated heterocycles. The number of carbonyl (C=O) groups is 1. The Labute approximate surface area is 144 Å². The number of aromatic nitrogens is 2. The number of nitrogens with zero attached hydrogens (tertiary/aromatic N) is 1. The Hall–Kier alpha value is -2.79. The first kappa shape index (κ1) is 14.8. The van der Waals surface area contributed by atoms with Crippen LogP contribution in [0.25, 0.3) is 17.2 Å². The zero-order valence-corrected chi connectivity index (χ0v) is 13.5. The van der Waals surface area contributed by atoms with Gasteiger partial charge >= 0.3 is 0 Å². The quantitative estimate of drug-likeness (QED) is 0.687. The van der Waals surface area contributed by atoms with Crippen LogP contribution in [0.5, 0.6) is 0 Å². The number of amides is 1. The van der Waals surface area contributed by atoms with Gasteiger partial charge < -0.3 is 10.6 Å². The number of hydrogen-bond acceptors (Lipinski definition) is 3. The number of carbonyl (C=O) groups excluding carboxylic acids is 1. The molecule has 5 nitrogen and oxygen atoms in total. The third-order valence-electron chi connectivity index (χ3n) is 4.11. The van der Waals surface area contributed by atoms with E-state index in [2.05, 4.69) is 20.8 Å². The van der Waals surface area contributed by atoms with Crippen molar-refractivity contribution in [2.75, 3.05) is 0 Å². The lowest BCUT2D eigenvalue weighted by atomic mass is 10.1. The highest BCUT2D eigenvalue weighted by Gasteiger charge is 2.24. The Morgan fingerprint density at radius 3 is 3.12 bits per heavy atom. The standard InChI is InChI=1S/C18H15ClN4O/c19-13-3-1-2-11(6-13)8-21-18(24)14-7-12-9-22-23-16-4-5-20-10-15(14)17(12)16/h1-7,9,20,23H,8,10H2,(H,21,24). The molecular weight excluding hydrogens is 324 g/mol. The topological polar surface area (TPSA) is 69.8 Å². The van der Waals surface area contributed by atoms with Crippen LogP contribution in [0.4, 0.5) is 0 Å². The summed E-state index contributed by atoms with van der Waals surface area (Å²) in [6, 6.07) is 9.36. The highest BCUT2D eigenvalue weighted by molar-refractivity contribution is 6.30. The number of halogens is 1. The lowest BCUT2D eigenvalue weighted by Gasteiger charge is -2.08. The Morgan fingerprint density at radius 1 is 1.33 bits per heavy atom. The van der Waals surface area contributed by atoms with Crippen molar-refractivity contribution < 1.29 is 4.79 Å². The van der Waals surface area contributed by atoms with Gasteiger partial charge in [-0.25, -0.2) is 0 Å². The molecule has 3 aliphatic rings. The molecule has 2 heterocycles. The van der Waals surface area contributed by atoms with E-state index in [1.165, 1.54) is 0 Å². The lowest BCUT2D eigenvalue weighted by Crippen LogP contribution is -2.24. The summed E-state index contributed by atoms with van der Waals surface area (Å²) in [4.78, 5) is 12.7. The van der Waals surface area contributed by atoms with E-state index in [1.54, 1.807) is 6.20 Å². The zero-order valence-electron chi connectivity index (χ0n) is 12.8. The van der Waals surface area contributed by atoms with E-state index in [4.69, 9.17) is 11.6 Å². The second-order valence-corrected chi connectivity index (χ2v) is 6.11.